The molecule has 0 aliphatic heterocycles. The van der Waals surface area contributed by atoms with Crippen LogP contribution in [-0.2, 0) is 6.42 Å². The van der Waals surface area contributed by atoms with E-state index < -0.39 is 0 Å². The first-order chi connectivity index (χ1) is 9.96. The van der Waals surface area contributed by atoms with E-state index >= 15 is 0 Å². The zero-order chi connectivity index (χ0) is 15.6. The third kappa shape index (κ3) is 3.29. The number of methoxy groups -OCH3 is 2. The Kier molecular flexibility index (Phi) is 4.71. The van der Waals surface area contributed by atoms with Crippen LogP contribution in [0.2, 0.25) is 0 Å². The van der Waals surface area contributed by atoms with Gasteiger partial charge >= 0.3 is 0 Å². The number of rotatable bonds is 4. The monoisotopic (exact) mass is 401 g/mol. The fourth-order valence-corrected chi connectivity index (χ4v) is 3.00. The Bertz CT molecular complexity index is 728. The molecule has 0 aliphatic carbocycles. The number of hydrogen-bond donors (Lipinski definition) is 2. The maximum absolute atomic E-state index is 12.0. The number of aromatic amines is 1. The first-order valence-corrected chi connectivity index (χ1v) is 7.29. The van der Waals surface area contributed by atoms with Gasteiger partial charge in [0.2, 0.25) is 5.95 Å². The Hall–Kier alpha value is -1.77. The van der Waals surface area contributed by atoms with Crippen molar-refractivity contribution in [3.8, 4) is 11.5 Å². The van der Waals surface area contributed by atoms with Gasteiger partial charge in [0.1, 0.15) is 0 Å². The summed E-state index contributed by atoms with van der Waals surface area (Å²) in [5.41, 5.74) is 7.47. The number of H-pyrrole nitrogens is 1. The molecule has 0 amide bonds. The van der Waals surface area contributed by atoms with Crippen molar-refractivity contribution in [2.24, 2.45) is 0 Å². The minimum absolute atomic E-state index is 0.128. The minimum atomic E-state index is -0.218. The zero-order valence-corrected chi connectivity index (χ0v) is 14.1. The molecule has 2 aromatic rings. The van der Waals surface area contributed by atoms with Gasteiger partial charge in [-0.15, -0.1) is 0 Å². The number of aromatic nitrogens is 2. The maximum atomic E-state index is 12.0. The number of aryl methyl sites for hydroxylation is 1. The van der Waals surface area contributed by atoms with E-state index in [0.29, 0.717) is 29.2 Å². The van der Waals surface area contributed by atoms with Gasteiger partial charge in [-0.25, -0.2) is 4.98 Å². The smallest absolute Gasteiger partial charge is 0.256 e. The fraction of sp³-hybridized carbons (Fsp3) is 0.286. The van der Waals surface area contributed by atoms with Crippen LogP contribution >= 0.6 is 22.6 Å². The SMILES string of the molecule is COc1cc(Cc2c(C)nc(N)[nH]c2=O)cc(I)c1OC. The molecular formula is C14H16IN3O3. The molecule has 0 bridgehead atoms. The Morgan fingerprint density at radius 3 is 2.62 bits per heavy atom. The molecule has 7 heteroatoms. The number of hydrogen-bond acceptors (Lipinski definition) is 5. The number of nitrogen functional groups attached to an aromatic ring is 1. The number of benzene rings is 1. The highest BCUT2D eigenvalue weighted by Crippen LogP contribution is 2.34. The lowest BCUT2D eigenvalue weighted by molar-refractivity contribution is 0.352. The summed E-state index contributed by atoms with van der Waals surface area (Å²) < 4.78 is 11.5. The van der Waals surface area contributed by atoms with E-state index in [2.05, 4.69) is 32.6 Å². The second-order valence-electron chi connectivity index (χ2n) is 4.51. The topological polar surface area (TPSA) is 90.2 Å². The normalized spacial score (nSPS) is 10.5. The van der Waals surface area contributed by atoms with Crippen LogP contribution in [0.15, 0.2) is 16.9 Å². The number of nitrogens with zero attached hydrogens (tertiary/aromatic N) is 1. The molecule has 1 heterocycles. The molecule has 112 valence electrons. The van der Waals surface area contributed by atoms with E-state index in [-0.39, 0.29) is 11.5 Å². The van der Waals surface area contributed by atoms with Gasteiger partial charge in [0, 0.05) is 12.0 Å². The predicted molar refractivity (Wildman–Crippen MR) is 89.1 cm³/mol. The molecule has 6 nitrogen and oxygen atoms in total. The number of anilines is 1. The van der Waals surface area contributed by atoms with E-state index in [9.17, 15) is 4.79 Å². The summed E-state index contributed by atoms with van der Waals surface area (Å²) in [5, 5.41) is 0. The Morgan fingerprint density at radius 2 is 2.05 bits per heavy atom. The molecule has 0 radical (unpaired) electrons. The lowest BCUT2D eigenvalue weighted by Gasteiger charge is -2.12. The molecule has 0 spiro atoms. The molecule has 0 atom stereocenters. The van der Waals surface area contributed by atoms with Crippen LogP contribution < -0.4 is 20.8 Å². The molecule has 0 saturated heterocycles. The van der Waals surface area contributed by atoms with Gasteiger partial charge in [-0.1, -0.05) is 0 Å². The van der Waals surface area contributed by atoms with Gasteiger partial charge in [0.05, 0.1) is 23.5 Å². The van der Waals surface area contributed by atoms with Crippen LogP contribution in [-0.4, -0.2) is 24.2 Å². The largest absolute Gasteiger partial charge is 0.493 e. The fourth-order valence-electron chi connectivity index (χ4n) is 2.12. The van der Waals surface area contributed by atoms with E-state index in [1.54, 1.807) is 21.1 Å². The molecule has 2 rings (SSSR count). The van der Waals surface area contributed by atoms with E-state index in [1.807, 2.05) is 12.1 Å². The molecule has 0 unspecified atom stereocenters. The Labute approximate surface area is 135 Å². The van der Waals surface area contributed by atoms with Crippen LogP contribution in [0.25, 0.3) is 0 Å². The highest BCUT2D eigenvalue weighted by molar-refractivity contribution is 14.1. The maximum Gasteiger partial charge on any atom is 0.256 e. The molecule has 21 heavy (non-hydrogen) atoms. The average Bonchev–Trinajstić information content (AvgIpc) is 2.42. The number of nitrogens with one attached hydrogen (secondary N) is 1. The lowest BCUT2D eigenvalue weighted by atomic mass is 10.0. The van der Waals surface area contributed by atoms with Crippen LogP contribution in [0, 0.1) is 10.5 Å². The third-order valence-corrected chi connectivity index (χ3v) is 3.92. The average molecular weight is 401 g/mol. The van der Waals surface area contributed by atoms with E-state index in [0.717, 1.165) is 9.13 Å². The summed E-state index contributed by atoms with van der Waals surface area (Å²) in [6, 6.07) is 3.81. The standard InChI is InChI=1S/C14H16IN3O3/c1-7-9(13(19)18-14(16)17-7)4-8-5-10(15)12(21-3)11(6-8)20-2/h5-6H,4H2,1-3H3,(H3,16,17,18,19). The van der Waals surface area contributed by atoms with Gasteiger partial charge in [-0.2, -0.15) is 0 Å². The van der Waals surface area contributed by atoms with Crippen molar-refractivity contribution in [3.05, 3.63) is 42.9 Å². The van der Waals surface area contributed by atoms with Gasteiger partial charge in [-0.3, -0.25) is 9.78 Å². The summed E-state index contributed by atoms with van der Waals surface area (Å²) in [7, 11) is 3.18. The van der Waals surface area contributed by atoms with Crippen LogP contribution in [0.1, 0.15) is 16.8 Å². The highest BCUT2D eigenvalue weighted by atomic mass is 127. The quantitative estimate of drug-likeness (QED) is 0.764. The zero-order valence-electron chi connectivity index (χ0n) is 12.0. The van der Waals surface area contributed by atoms with Crippen molar-refractivity contribution >= 4 is 28.5 Å². The first-order valence-electron chi connectivity index (χ1n) is 6.22. The van der Waals surface area contributed by atoms with Crippen molar-refractivity contribution in [2.45, 2.75) is 13.3 Å². The minimum Gasteiger partial charge on any atom is -0.493 e. The van der Waals surface area contributed by atoms with Gasteiger partial charge < -0.3 is 15.2 Å². The third-order valence-electron chi connectivity index (χ3n) is 3.11. The summed E-state index contributed by atoms with van der Waals surface area (Å²) in [4.78, 5) is 18.6. The molecule has 0 aliphatic rings. The second kappa shape index (κ2) is 6.33. The van der Waals surface area contributed by atoms with Crippen molar-refractivity contribution < 1.29 is 9.47 Å². The molecule has 1 aromatic carbocycles. The van der Waals surface area contributed by atoms with Crippen LogP contribution in [0.3, 0.4) is 0 Å². The Morgan fingerprint density at radius 1 is 1.33 bits per heavy atom. The summed E-state index contributed by atoms with van der Waals surface area (Å²) >= 11 is 2.17. The molecule has 0 saturated carbocycles. The van der Waals surface area contributed by atoms with Gasteiger partial charge in [0.15, 0.2) is 11.5 Å². The predicted octanol–water partition coefficient (Wildman–Crippen LogP) is 1.87. The molecule has 3 N–H and O–H groups in total. The van der Waals surface area contributed by atoms with Crippen molar-refractivity contribution in [3.63, 3.8) is 0 Å². The van der Waals surface area contributed by atoms with Crippen molar-refractivity contribution in [1.82, 2.24) is 9.97 Å². The number of ether oxygens (including phenoxy) is 2. The van der Waals surface area contributed by atoms with Crippen molar-refractivity contribution in [1.29, 1.82) is 0 Å². The first kappa shape index (κ1) is 15.6. The highest BCUT2D eigenvalue weighted by Gasteiger charge is 2.13. The molecule has 1 aromatic heterocycles. The second-order valence-corrected chi connectivity index (χ2v) is 5.67. The van der Waals surface area contributed by atoms with E-state index in [1.165, 1.54) is 0 Å². The van der Waals surface area contributed by atoms with Gasteiger partial charge in [0.25, 0.3) is 5.56 Å². The molecule has 0 fully saturated rings. The van der Waals surface area contributed by atoms with Gasteiger partial charge in [-0.05, 0) is 47.2 Å². The Balaban J connectivity index is 2.46. The number of nitrogens with two attached hydrogens (primary N) is 1. The van der Waals surface area contributed by atoms with Crippen LogP contribution in [0.4, 0.5) is 5.95 Å². The van der Waals surface area contributed by atoms with Crippen LogP contribution in [0.5, 0.6) is 11.5 Å². The number of halogens is 1. The summed E-state index contributed by atoms with van der Waals surface area (Å²) in [5.74, 6) is 1.45. The summed E-state index contributed by atoms with van der Waals surface area (Å²) in [6.45, 7) is 1.77. The van der Waals surface area contributed by atoms with E-state index in [4.69, 9.17) is 15.2 Å². The lowest BCUT2D eigenvalue weighted by Crippen LogP contribution is -2.18. The molecular weight excluding hydrogens is 385 g/mol. The summed E-state index contributed by atoms with van der Waals surface area (Å²) in [6.07, 6.45) is 0.449. The van der Waals surface area contributed by atoms with Crippen molar-refractivity contribution in [2.75, 3.05) is 20.0 Å².